The molecule has 0 aromatic carbocycles. The van der Waals surface area contributed by atoms with E-state index in [1.807, 2.05) is 12.1 Å². The lowest BCUT2D eigenvalue weighted by atomic mass is 10.5. The van der Waals surface area contributed by atoms with Crippen LogP contribution in [0.25, 0.3) is 0 Å². The highest BCUT2D eigenvalue weighted by atomic mass is 79.9. The molecule has 0 aliphatic carbocycles. The standard InChI is InChI=1S/C9H7BrN2O2S2/c10-7-2-1-5(15-7)3-11-9-12-4-6(16-9)8(13)14/h1-2,4H,3H2,(H,11,12)(H,13,14). The van der Waals surface area contributed by atoms with Crippen LogP contribution in [0.5, 0.6) is 0 Å². The molecule has 0 aliphatic heterocycles. The van der Waals surface area contributed by atoms with Gasteiger partial charge in [-0.3, -0.25) is 0 Å². The monoisotopic (exact) mass is 318 g/mol. The van der Waals surface area contributed by atoms with E-state index in [1.165, 1.54) is 11.1 Å². The minimum atomic E-state index is -0.940. The molecule has 16 heavy (non-hydrogen) atoms. The Kier molecular flexibility index (Phi) is 3.57. The van der Waals surface area contributed by atoms with Crippen LogP contribution in [-0.2, 0) is 6.54 Å². The summed E-state index contributed by atoms with van der Waals surface area (Å²) in [5, 5.41) is 12.4. The highest BCUT2D eigenvalue weighted by molar-refractivity contribution is 9.11. The molecular formula is C9H7BrN2O2S2. The van der Waals surface area contributed by atoms with Gasteiger partial charge in [0.25, 0.3) is 0 Å². The van der Waals surface area contributed by atoms with Gasteiger partial charge >= 0.3 is 5.97 Å². The zero-order chi connectivity index (χ0) is 11.5. The Morgan fingerprint density at radius 2 is 2.31 bits per heavy atom. The molecule has 0 spiro atoms. The molecule has 2 rings (SSSR count). The van der Waals surface area contributed by atoms with Crippen molar-refractivity contribution in [2.75, 3.05) is 5.32 Å². The van der Waals surface area contributed by atoms with E-state index in [0.29, 0.717) is 11.7 Å². The summed E-state index contributed by atoms with van der Waals surface area (Å²) in [4.78, 5) is 16.0. The fourth-order valence-corrected chi connectivity index (χ4v) is 3.14. The van der Waals surface area contributed by atoms with Gasteiger partial charge in [0.15, 0.2) is 5.13 Å². The quantitative estimate of drug-likeness (QED) is 0.908. The number of aromatic nitrogens is 1. The van der Waals surface area contributed by atoms with Crippen LogP contribution in [0, 0.1) is 0 Å². The van der Waals surface area contributed by atoms with Crippen molar-refractivity contribution in [1.29, 1.82) is 0 Å². The number of halogens is 1. The third-order valence-corrected chi connectivity index (χ3v) is 4.33. The lowest BCUT2D eigenvalue weighted by Gasteiger charge is -1.98. The highest BCUT2D eigenvalue weighted by Gasteiger charge is 2.08. The number of thiophene rings is 1. The molecule has 2 N–H and O–H groups in total. The average molecular weight is 319 g/mol. The Morgan fingerprint density at radius 1 is 1.50 bits per heavy atom. The maximum atomic E-state index is 10.6. The Labute approximate surface area is 108 Å². The molecule has 4 nitrogen and oxygen atoms in total. The Balaban J connectivity index is 1.97. The number of carbonyl (C=O) groups is 1. The van der Waals surface area contributed by atoms with Crippen LogP contribution in [0.3, 0.4) is 0 Å². The topological polar surface area (TPSA) is 62.2 Å². The first kappa shape index (κ1) is 11.6. The van der Waals surface area contributed by atoms with Crippen LogP contribution in [0.1, 0.15) is 14.5 Å². The third kappa shape index (κ3) is 2.81. The number of aromatic carboxylic acids is 1. The summed E-state index contributed by atoms with van der Waals surface area (Å²) in [6, 6.07) is 3.99. The number of carboxylic acids is 1. The molecule has 0 unspecified atom stereocenters. The molecule has 2 aromatic rings. The minimum absolute atomic E-state index is 0.245. The first-order valence-electron chi connectivity index (χ1n) is 4.32. The summed E-state index contributed by atoms with van der Waals surface area (Å²) >= 11 is 6.15. The van der Waals surface area contributed by atoms with E-state index < -0.39 is 5.97 Å². The smallest absolute Gasteiger partial charge is 0.347 e. The summed E-state index contributed by atoms with van der Waals surface area (Å²) in [6.07, 6.45) is 1.36. The number of thiazole rings is 1. The number of nitrogens with zero attached hydrogens (tertiary/aromatic N) is 1. The molecule has 0 fully saturated rings. The Bertz CT molecular complexity index is 509. The predicted molar refractivity (Wildman–Crippen MR) is 68.4 cm³/mol. The summed E-state index contributed by atoms with van der Waals surface area (Å²) in [5.74, 6) is -0.940. The van der Waals surface area contributed by atoms with Crippen molar-refractivity contribution in [2.45, 2.75) is 6.54 Å². The lowest BCUT2D eigenvalue weighted by molar-refractivity contribution is 0.0702. The first-order valence-corrected chi connectivity index (χ1v) is 6.75. The van der Waals surface area contributed by atoms with Crippen molar-refractivity contribution < 1.29 is 9.90 Å². The zero-order valence-corrected chi connectivity index (χ0v) is 11.2. The normalized spacial score (nSPS) is 10.3. The summed E-state index contributed by atoms with van der Waals surface area (Å²) in [5.41, 5.74) is 0. The number of carboxylic acid groups (broad SMARTS) is 1. The molecule has 0 radical (unpaired) electrons. The van der Waals surface area contributed by atoms with Crippen LogP contribution in [-0.4, -0.2) is 16.1 Å². The average Bonchev–Trinajstić information content (AvgIpc) is 2.83. The van der Waals surface area contributed by atoms with Gasteiger partial charge in [-0.1, -0.05) is 11.3 Å². The van der Waals surface area contributed by atoms with Gasteiger partial charge in [0, 0.05) is 4.88 Å². The first-order chi connectivity index (χ1) is 7.65. The predicted octanol–water partition coefficient (Wildman–Crippen LogP) is 3.28. The molecule has 0 amide bonds. The van der Waals surface area contributed by atoms with Crippen LogP contribution in [0.15, 0.2) is 22.1 Å². The van der Waals surface area contributed by atoms with E-state index in [-0.39, 0.29) is 4.88 Å². The molecule has 0 saturated carbocycles. The SMILES string of the molecule is O=C(O)c1cnc(NCc2ccc(Br)s2)s1. The fraction of sp³-hybridized carbons (Fsp3) is 0.111. The van der Waals surface area contributed by atoms with Gasteiger partial charge in [-0.2, -0.15) is 0 Å². The number of nitrogens with one attached hydrogen (secondary N) is 1. The highest BCUT2D eigenvalue weighted by Crippen LogP contribution is 2.24. The van der Waals surface area contributed by atoms with E-state index in [4.69, 9.17) is 5.11 Å². The maximum Gasteiger partial charge on any atom is 0.347 e. The minimum Gasteiger partial charge on any atom is -0.477 e. The van der Waals surface area contributed by atoms with E-state index in [9.17, 15) is 4.79 Å². The number of anilines is 1. The number of hydrogen-bond acceptors (Lipinski definition) is 5. The van der Waals surface area contributed by atoms with Crippen molar-refractivity contribution in [3.63, 3.8) is 0 Å². The molecule has 0 bridgehead atoms. The maximum absolute atomic E-state index is 10.6. The van der Waals surface area contributed by atoms with Gasteiger partial charge in [0.1, 0.15) is 4.88 Å². The van der Waals surface area contributed by atoms with E-state index in [2.05, 4.69) is 26.2 Å². The van der Waals surface area contributed by atoms with Crippen molar-refractivity contribution in [3.8, 4) is 0 Å². The fourth-order valence-electron chi connectivity index (χ4n) is 1.06. The van der Waals surface area contributed by atoms with Crippen molar-refractivity contribution in [3.05, 3.63) is 31.9 Å². The molecule has 2 aromatic heterocycles. The lowest BCUT2D eigenvalue weighted by Crippen LogP contribution is -1.95. The van der Waals surface area contributed by atoms with Crippen LogP contribution >= 0.6 is 38.6 Å². The molecule has 2 heterocycles. The second kappa shape index (κ2) is 4.94. The summed E-state index contributed by atoms with van der Waals surface area (Å²) in [6.45, 7) is 0.656. The molecule has 7 heteroatoms. The van der Waals surface area contributed by atoms with Crippen molar-refractivity contribution in [2.24, 2.45) is 0 Å². The molecule has 0 atom stereocenters. The van der Waals surface area contributed by atoms with Crippen molar-refractivity contribution >= 4 is 49.7 Å². The Hall–Kier alpha value is -0.920. The summed E-state index contributed by atoms with van der Waals surface area (Å²) < 4.78 is 1.08. The third-order valence-electron chi connectivity index (χ3n) is 1.76. The van der Waals surface area contributed by atoms with Crippen LogP contribution in [0.4, 0.5) is 5.13 Å². The van der Waals surface area contributed by atoms with Gasteiger partial charge in [-0.15, -0.1) is 11.3 Å². The van der Waals surface area contributed by atoms with Gasteiger partial charge < -0.3 is 10.4 Å². The van der Waals surface area contributed by atoms with Crippen molar-refractivity contribution in [1.82, 2.24) is 4.98 Å². The second-order valence-electron chi connectivity index (χ2n) is 2.89. The van der Waals surface area contributed by atoms with Gasteiger partial charge in [-0.25, -0.2) is 9.78 Å². The molecule has 0 saturated heterocycles. The largest absolute Gasteiger partial charge is 0.477 e. The molecular weight excluding hydrogens is 312 g/mol. The van der Waals surface area contributed by atoms with Gasteiger partial charge in [-0.05, 0) is 28.1 Å². The summed E-state index contributed by atoms with van der Waals surface area (Å²) in [7, 11) is 0. The van der Waals surface area contributed by atoms with E-state index in [0.717, 1.165) is 15.1 Å². The molecule has 84 valence electrons. The van der Waals surface area contributed by atoms with Gasteiger partial charge in [0.05, 0.1) is 16.5 Å². The van der Waals surface area contributed by atoms with E-state index >= 15 is 0 Å². The Morgan fingerprint density at radius 3 is 2.88 bits per heavy atom. The molecule has 0 aliphatic rings. The number of hydrogen-bond donors (Lipinski definition) is 2. The zero-order valence-electron chi connectivity index (χ0n) is 7.94. The van der Waals surface area contributed by atoms with Crippen LogP contribution < -0.4 is 5.32 Å². The van der Waals surface area contributed by atoms with Crippen LogP contribution in [0.2, 0.25) is 0 Å². The number of rotatable bonds is 4. The second-order valence-corrected chi connectivity index (χ2v) is 6.47. The van der Waals surface area contributed by atoms with Gasteiger partial charge in [0.2, 0.25) is 0 Å². The van der Waals surface area contributed by atoms with E-state index in [1.54, 1.807) is 11.3 Å².